The number of rotatable bonds is 5. The lowest BCUT2D eigenvalue weighted by molar-refractivity contribution is -0.118. The van der Waals surface area contributed by atoms with Crippen LogP contribution in [0.4, 0.5) is 5.69 Å². The number of amides is 1. The van der Waals surface area contributed by atoms with Crippen molar-refractivity contribution in [2.75, 3.05) is 12.4 Å². The molecule has 0 saturated heterocycles. The van der Waals surface area contributed by atoms with Crippen LogP contribution in [0.1, 0.15) is 5.56 Å². The Bertz CT molecular complexity index is 647. The molecule has 0 bridgehead atoms. The van der Waals surface area contributed by atoms with Gasteiger partial charge in [-0.2, -0.15) is 5.26 Å². The van der Waals surface area contributed by atoms with Crippen molar-refractivity contribution in [3.63, 3.8) is 0 Å². The number of nitriles is 1. The number of para-hydroxylation sites is 2. The SMILES string of the molecule is COc1ccccc1NC(=O)[C@@H](C#N)Cc1ccccc1. The molecule has 0 spiro atoms. The lowest BCUT2D eigenvalue weighted by Crippen LogP contribution is -2.23. The van der Waals surface area contributed by atoms with Crippen LogP contribution < -0.4 is 10.1 Å². The Morgan fingerprint density at radius 3 is 2.52 bits per heavy atom. The lowest BCUT2D eigenvalue weighted by Gasteiger charge is -2.12. The second kappa shape index (κ2) is 7.11. The zero-order valence-electron chi connectivity index (χ0n) is 11.7. The molecule has 0 aliphatic rings. The summed E-state index contributed by atoms with van der Waals surface area (Å²) in [6.07, 6.45) is 0.387. The summed E-state index contributed by atoms with van der Waals surface area (Å²) in [5.41, 5.74) is 1.53. The van der Waals surface area contributed by atoms with Gasteiger partial charge in [-0.1, -0.05) is 42.5 Å². The molecule has 0 aromatic heterocycles. The predicted octanol–water partition coefficient (Wildman–Crippen LogP) is 3.02. The fraction of sp³-hybridized carbons (Fsp3) is 0.176. The van der Waals surface area contributed by atoms with Crippen molar-refractivity contribution in [2.45, 2.75) is 6.42 Å². The van der Waals surface area contributed by atoms with Crippen LogP contribution in [0.25, 0.3) is 0 Å². The Labute approximate surface area is 124 Å². The van der Waals surface area contributed by atoms with Gasteiger partial charge >= 0.3 is 0 Å². The molecule has 0 unspecified atom stereocenters. The third kappa shape index (κ3) is 3.83. The molecule has 4 nitrogen and oxygen atoms in total. The average Bonchev–Trinajstić information content (AvgIpc) is 2.54. The van der Waals surface area contributed by atoms with Crippen molar-refractivity contribution in [1.29, 1.82) is 5.26 Å². The Morgan fingerprint density at radius 2 is 1.86 bits per heavy atom. The second-order valence-corrected chi connectivity index (χ2v) is 4.56. The molecule has 0 saturated carbocycles. The van der Waals surface area contributed by atoms with Gasteiger partial charge in [0.1, 0.15) is 11.7 Å². The molecule has 1 amide bonds. The maximum atomic E-state index is 12.2. The summed E-state index contributed by atoms with van der Waals surface area (Å²) in [5.74, 6) is -0.495. The summed E-state index contributed by atoms with van der Waals surface area (Å²) in [7, 11) is 1.54. The van der Waals surface area contributed by atoms with Crippen molar-refractivity contribution < 1.29 is 9.53 Å². The van der Waals surface area contributed by atoms with Gasteiger partial charge in [0.25, 0.3) is 0 Å². The van der Waals surface area contributed by atoms with E-state index in [2.05, 4.69) is 11.4 Å². The largest absolute Gasteiger partial charge is 0.495 e. The van der Waals surface area contributed by atoms with Crippen LogP contribution in [0.3, 0.4) is 0 Å². The summed E-state index contributed by atoms with van der Waals surface area (Å²) in [6.45, 7) is 0. The quantitative estimate of drug-likeness (QED) is 0.915. The topological polar surface area (TPSA) is 62.1 Å². The van der Waals surface area contributed by atoms with Crippen LogP contribution in [0, 0.1) is 17.2 Å². The van der Waals surface area contributed by atoms with Crippen LogP contribution >= 0.6 is 0 Å². The van der Waals surface area contributed by atoms with E-state index in [1.807, 2.05) is 36.4 Å². The number of hydrogen-bond acceptors (Lipinski definition) is 3. The summed E-state index contributed by atoms with van der Waals surface area (Å²) in [6, 6.07) is 18.7. The summed E-state index contributed by atoms with van der Waals surface area (Å²) in [5, 5.41) is 12.0. The van der Waals surface area contributed by atoms with Crippen LogP contribution in [0.2, 0.25) is 0 Å². The Kier molecular flexibility index (Phi) is 4.94. The number of nitrogens with one attached hydrogen (secondary N) is 1. The number of hydrogen-bond donors (Lipinski definition) is 1. The van der Waals surface area contributed by atoms with Gasteiger partial charge in [-0.25, -0.2) is 0 Å². The van der Waals surface area contributed by atoms with E-state index in [-0.39, 0.29) is 5.91 Å². The average molecular weight is 280 g/mol. The number of carbonyl (C=O) groups is 1. The third-order valence-corrected chi connectivity index (χ3v) is 3.12. The summed E-state index contributed by atoms with van der Waals surface area (Å²) in [4.78, 5) is 12.2. The first-order chi connectivity index (χ1) is 10.2. The van der Waals surface area contributed by atoms with Crippen LogP contribution in [0.15, 0.2) is 54.6 Å². The minimum Gasteiger partial charge on any atom is -0.495 e. The standard InChI is InChI=1S/C17H16N2O2/c1-21-16-10-6-5-9-15(16)19-17(20)14(12-18)11-13-7-3-2-4-8-13/h2-10,14H,11H2,1H3,(H,19,20)/t14-/m1/s1. The Balaban J connectivity index is 2.09. The van der Waals surface area contributed by atoms with Gasteiger partial charge in [0.05, 0.1) is 18.9 Å². The molecule has 0 heterocycles. The van der Waals surface area contributed by atoms with Crippen molar-refractivity contribution in [3.05, 3.63) is 60.2 Å². The highest BCUT2D eigenvalue weighted by Gasteiger charge is 2.19. The molecule has 0 fully saturated rings. The molecule has 2 aromatic carbocycles. The van der Waals surface area contributed by atoms with Crippen molar-refractivity contribution in [1.82, 2.24) is 0 Å². The van der Waals surface area contributed by atoms with Crippen molar-refractivity contribution in [3.8, 4) is 11.8 Å². The highest BCUT2D eigenvalue weighted by molar-refractivity contribution is 5.95. The molecular formula is C17H16N2O2. The smallest absolute Gasteiger partial charge is 0.242 e. The number of carbonyl (C=O) groups excluding carboxylic acids is 1. The first-order valence-electron chi connectivity index (χ1n) is 6.62. The lowest BCUT2D eigenvalue weighted by atomic mass is 10.00. The monoisotopic (exact) mass is 280 g/mol. The van der Waals surface area contributed by atoms with Gasteiger partial charge in [-0.15, -0.1) is 0 Å². The van der Waals surface area contributed by atoms with E-state index in [0.29, 0.717) is 17.9 Å². The minimum atomic E-state index is -0.739. The van der Waals surface area contributed by atoms with Gasteiger partial charge in [0.15, 0.2) is 0 Å². The second-order valence-electron chi connectivity index (χ2n) is 4.56. The van der Waals surface area contributed by atoms with E-state index in [0.717, 1.165) is 5.56 Å². The van der Waals surface area contributed by atoms with Crippen molar-refractivity contribution >= 4 is 11.6 Å². The normalized spacial score (nSPS) is 11.2. The van der Waals surface area contributed by atoms with Crippen LogP contribution in [-0.2, 0) is 11.2 Å². The van der Waals surface area contributed by atoms with Gasteiger partial charge in [0, 0.05) is 0 Å². The highest BCUT2D eigenvalue weighted by atomic mass is 16.5. The molecule has 106 valence electrons. The maximum Gasteiger partial charge on any atom is 0.242 e. The first kappa shape index (κ1) is 14.6. The number of nitrogens with zero attached hydrogens (tertiary/aromatic N) is 1. The van der Waals surface area contributed by atoms with Gasteiger partial charge in [-0.05, 0) is 24.1 Å². The molecule has 4 heteroatoms. The number of benzene rings is 2. The van der Waals surface area contributed by atoms with Crippen molar-refractivity contribution in [2.24, 2.45) is 5.92 Å². The number of ether oxygens (including phenoxy) is 1. The molecule has 0 aliphatic heterocycles. The molecular weight excluding hydrogens is 264 g/mol. The Hall–Kier alpha value is -2.80. The van der Waals surface area contributed by atoms with E-state index in [9.17, 15) is 10.1 Å². The molecule has 0 radical (unpaired) electrons. The van der Waals surface area contributed by atoms with Gasteiger partial charge < -0.3 is 10.1 Å². The highest BCUT2D eigenvalue weighted by Crippen LogP contribution is 2.24. The predicted molar refractivity (Wildman–Crippen MR) is 80.9 cm³/mol. The zero-order valence-corrected chi connectivity index (χ0v) is 11.7. The van der Waals surface area contributed by atoms with Gasteiger partial charge in [0.2, 0.25) is 5.91 Å². The third-order valence-electron chi connectivity index (χ3n) is 3.12. The van der Waals surface area contributed by atoms with E-state index < -0.39 is 5.92 Å². The Morgan fingerprint density at radius 1 is 1.19 bits per heavy atom. The molecule has 2 rings (SSSR count). The number of anilines is 1. The fourth-order valence-electron chi connectivity index (χ4n) is 2.01. The van der Waals surface area contributed by atoms with Crippen LogP contribution in [0.5, 0.6) is 5.75 Å². The van der Waals surface area contributed by atoms with Crippen LogP contribution in [-0.4, -0.2) is 13.0 Å². The summed E-state index contributed by atoms with van der Waals surface area (Å²) >= 11 is 0. The van der Waals surface area contributed by atoms with Gasteiger partial charge in [-0.3, -0.25) is 4.79 Å². The molecule has 21 heavy (non-hydrogen) atoms. The first-order valence-corrected chi connectivity index (χ1v) is 6.62. The fourth-order valence-corrected chi connectivity index (χ4v) is 2.01. The maximum absolute atomic E-state index is 12.2. The number of methoxy groups -OCH3 is 1. The molecule has 2 aromatic rings. The van der Waals surface area contributed by atoms with E-state index >= 15 is 0 Å². The molecule has 1 N–H and O–H groups in total. The minimum absolute atomic E-state index is 0.328. The summed E-state index contributed by atoms with van der Waals surface area (Å²) < 4.78 is 5.18. The van der Waals surface area contributed by atoms with E-state index in [4.69, 9.17) is 4.74 Å². The molecule has 1 atom stereocenters. The zero-order chi connectivity index (χ0) is 15.1. The van der Waals surface area contributed by atoms with E-state index in [1.165, 1.54) is 7.11 Å². The molecule has 0 aliphatic carbocycles. The van der Waals surface area contributed by atoms with E-state index in [1.54, 1.807) is 18.2 Å².